The molecule has 3 aliphatic heterocycles. The number of aryl methyl sites for hydroxylation is 1. The number of nitrogens with two attached hydrogens (primary N) is 2. The third-order valence-electron chi connectivity index (χ3n) is 9.38. The molecule has 0 unspecified atom stereocenters. The Hall–Kier alpha value is -4.67. The van der Waals surface area contributed by atoms with Crippen LogP contribution in [0.2, 0.25) is 0 Å². The van der Waals surface area contributed by atoms with Crippen molar-refractivity contribution in [3.05, 3.63) is 46.8 Å². The Bertz CT molecular complexity index is 1930. The van der Waals surface area contributed by atoms with Crippen LogP contribution in [0.3, 0.4) is 0 Å². The third-order valence-corrected chi connectivity index (χ3v) is 9.38. The number of alkyl halides is 4. The molecule has 2 saturated heterocycles. The van der Waals surface area contributed by atoms with Gasteiger partial charge in [0.15, 0.2) is 5.82 Å². The quantitative estimate of drug-likeness (QED) is 0.262. The van der Waals surface area contributed by atoms with Crippen LogP contribution in [0.15, 0.2) is 18.3 Å². The van der Waals surface area contributed by atoms with Crippen LogP contribution in [0.4, 0.5) is 43.8 Å². The molecule has 0 saturated carbocycles. The summed E-state index contributed by atoms with van der Waals surface area (Å²) in [6, 6.07) is 1.11. The second-order valence-electron chi connectivity index (χ2n) is 12.4. The third kappa shape index (κ3) is 5.33. The highest BCUT2D eigenvalue weighted by molar-refractivity contribution is 5.97. The first-order chi connectivity index (χ1) is 22.8. The molecule has 2 fully saturated rings. The van der Waals surface area contributed by atoms with Crippen molar-refractivity contribution in [3.63, 3.8) is 0 Å². The predicted octanol–water partition coefficient (Wildman–Crippen LogP) is 5.17. The van der Waals surface area contributed by atoms with Gasteiger partial charge in [-0.15, -0.1) is 0 Å². The lowest BCUT2D eigenvalue weighted by molar-refractivity contribution is -0.137. The Morgan fingerprint density at radius 3 is 2.69 bits per heavy atom. The van der Waals surface area contributed by atoms with Gasteiger partial charge in [0.2, 0.25) is 5.88 Å². The zero-order valence-electron chi connectivity index (χ0n) is 25.9. The van der Waals surface area contributed by atoms with Gasteiger partial charge in [-0.05, 0) is 45.4 Å². The fourth-order valence-electron chi connectivity index (χ4n) is 7.24. The van der Waals surface area contributed by atoms with E-state index >= 15 is 4.39 Å². The monoisotopic (exact) mass is 675 g/mol. The van der Waals surface area contributed by atoms with Crippen molar-refractivity contribution in [1.29, 1.82) is 0 Å². The number of ether oxygens (including phenoxy) is 2. The molecule has 3 atom stereocenters. The molecule has 254 valence electrons. The molecule has 7 rings (SSSR count). The normalized spacial score (nSPS) is 21.7. The molecular weight excluding hydrogens is 644 g/mol. The molecule has 0 spiro atoms. The molecule has 4 aromatic rings. The lowest BCUT2D eigenvalue weighted by Gasteiger charge is -2.32. The summed E-state index contributed by atoms with van der Waals surface area (Å²) in [6.45, 7) is 3.79. The van der Waals surface area contributed by atoms with Crippen molar-refractivity contribution >= 4 is 28.4 Å². The van der Waals surface area contributed by atoms with Crippen LogP contribution in [0.25, 0.3) is 22.2 Å². The second-order valence-corrected chi connectivity index (χ2v) is 12.4. The SMILES string of the molecule is Cc1nc(N)cc(-c2nc3c4c(nc(OC[C@@]56CCCN5C[C@H](F)C6)nc4c2F)N([C@@H](C)c2cc(F)cnc2N)CCO3)c1C(F)(F)F. The second kappa shape index (κ2) is 11.5. The number of nitrogens with zero attached hydrogens (tertiary/aromatic N) is 7. The van der Waals surface area contributed by atoms with E-state index in [0.29, 0.717) is 18.5 Å². The van der Waals surface area contributed by atoms with Gasteiger partial charge in [0, 0.05) is 24.1 Å². The Morgan fingerprint density at radius 1 is 1.12 bits per heavy atom. The highest BCUT2D eigenvalue weighted by Gasteiger charge is 2.49. The van der Waals surface area contributed by atoms with Gasteiger partial charge in [0.1, 0.15) is 59.3 Å². The number of rotatable bonds is 6. The Balaban J connectivity index is 1.43. The van der Waals surface area contributed by atoms with E-state index in [1.165, 1.54) is 6.07 Å². The molecule has 4 N–H and O–H groups in total. The first-order valence-corrected chi connectivity index (χ1v) is 15.3. The molecule has 0 aromatic carbocycles. The number of anilines is 3. The number of pyridine rings is 3. The molecule has 11 nitrogen and oxygen atoms in total. The van der Waals surface area contributed by atoms with Crippen molar-refractivity contribution in [2.24, 2.45) is 0 Å². The van der Waals surface area contributed by atoms with E-state index < -0.39 is 63.6 Å². The van der Waals surface area contributed by atoms with Crippen molar-refractivity contribution < 1.29 is 35.8 Å². The van der Waals surface area contributed by atoms with E-state index in [4.69, 9.17) is 20.9 Å². The summed E-state index contributed by atoms with van der Waals surface area (Å²) in [6.07, 6.45) is -3.24. The molecule has 3 aliphatic rings. The van der Waals surface area contributed by atoms with Crippen LogP contribution in [-0.4, -0.2) is 74.4 Å². The number of nitrogen functional groups attached to an aromatic ring is 2. The van der Waals surface area contributed by atoms with E-state index in [1.54, 1.807) is 11.8 Å². The fourth-order valence-corrected chi connectivity index (χ4v) is 7.24. The average Bonchev–Trinajstić information content (AvgIpc) is 3.47. The summed E-state index contributed by atoms with van der Waals surface area (Å²) in [7, 11) is 0. The van der Waals surface area contributed by atoms with E-state index in [2.05, 4.69) is 24.9 Å². The van der Waals surface area contributed by atoms with Gasteiger partial charge in [0.25, 0.3) is 0 Å². The van der Waals surface area contributed by atoms with Crippen molar-refractivity contribution in [2.75, 3.05) is 49.2 Å². The smallest absolute Gasteiger partial charge is 0.418 e. The maximum atomic E-state index is 16.7. The summed E-state index contributed by atoms with van der Waals surface area (Å²) < 4.78 is 101. The average molecular weight is 676 g/mol. The highest BCUT2D eigenvalue weighted by Crippen LogP contribution is 2.46. The van der Waals surface area contributed by atoms with Gasteiger partial charge in [-0.2, -0.15) is 23.1 Å². The largest absolute Gasteiger partial charge is 0.475 e. The minimum Gasteiger partial charge on any atom is -0.475 e. The van der Waals surface area contributed by atoms with Crippen molar-refractivity contribution in [3.8, 4) is 23.1 Å². The van der Waals surface area contributed by atoms with Crippen molar-refractivity contribution in [2.45, 2.75) is 57.0 Å². The van der Waals surface area contributed by atoms with Gasteiger partial charge in [-0.1, -0.05) is 0 Å². The fraction of sp³-hybridized carbons (Fsp3) is 0.452. The molecular formula is C31H31F6N9O2. The first kappa shape index (κ1) is 31.9. The number of halogens is 6. The summed E-state index contributed by atoms with van der Waals surface area (Å²) in [5.41, 5.74) is 8.14. The number of hydrogen-bond acceptors (Lipinski definition) is 11. The van der Waals surface area contributed by atoms with Crippen LogP contribution < -0.4 is 25.8 Å². The predicted molar refractivity (Wildman–Crippen MR) is 163 cm³/mol. The minimum atomic E-state index is -4.93. The summed E-state index contributed by atoms with van der Waals surface area (Å²) in [5, 5.41) is -0.0477. The molecule has 0 aliphatic carbocycles. The summed E-state index contributed by atoms with van der Waals surface area (Å²) in [4.78, 5) is 24.5. The Kier molecular flexibility index (Phi) is 7.64. The molecule has 48 heavy (non-hydrogen) atoms. The maximum Gasteiger partial charge on any atom is 0.418 e. The number of hydrogen-bond donors (Lipinski definition) is 2. The van der Waals surface area contributed by atoms with Crippen molar-refractivity contribution in [1.82, 2.24) is 29.8 Å². The van der Waals surface area contributed by atoms with Gasteiger partial charge in [0.05, 0.1) is 35.6 Å². The van der Waals surface area contributed by atoms with Gasteiger partial charge >= 0.3 is 12.2 Å². The molecule has 0 radical (unpaired) electrons. The maximum absolute atomic E-state index is 16.7. The zero-order chi connectivity index (χ0) is 34.1. The standard InChI is InChI=1S/C31H31F6N9O2/c1-14-22(31(35,36)37)19(9-20(38)41-14)24-23(34)25-21-27(44-29(43-25)48-13-30-4-3-5-45(30)12-17(33)10-30)46(6-7-47-28(21)42-24)15(2)18-8-16(32)11-40-26(18)39/h8-9,11,15,17H,3-7,10,12-13H2,1-2H3,(H2,38,41)(H2,39,40)/t15-,17+,30-/m0/s1. The molecule has 0 bridgehead atoms. The van der Waals surface area contributed by atoms with E-state index in [9.17, 15) is 22.0 Å². The topological polar surface area (TPSA) is 141 Å². The minimum absolute atomic E-state index is 0.00406. The van der Waals surface area contributed by atoms with Crippen LogP contribution in [0, 0.1) is 18.6 Å². The van der Waals surface area contributed by atoms with Crippen LogP contribution >= 0.6 is 0 Å². The summed E-state index contributed by atoms with van der Waals surface area (Å²) in [5.74, 6) is -2.26. The van der Waals surface area contributed by atoms with Crippen LogP contribution in [0.1, 0.15) is 49.0 Å². The number of fused-ring (bicyclic) bond motifs is 1. The number of aromatic nitrogens is 5. The van der Waals surface area contributed by atoms with Crippen LogP contribution in [0.5, 0.6) is 11.9 Å². The van der Waals surface area contributed by atoms with Gasteiger partial charge < -0.3 is 25.8 Å². The zero-order valence-corrected chi connectivity index (χ0v) is 25.9. The summed E-state index contributed by atoms with van der Waals surface area (Å²) >= 11 is 0. The molecule has 4 aromatic heterocycles. The first-order valence-electron chi connectivity index (χ1n) is 15.3. The lowest BCUT2D eigenvalue weighted by atomic mass is 9.95. The van der Waals surface area contributed by atoms with Crippen LogP contribution in [-0.2, 0) is 6.18 Å². The van der Waals surface area contributed by atoms with E-state index in [0.717, 1.165) is 25.6 Å². The Labute approximate surface area is 270 Å². The van der Waals surface area contributed by atoms with Gasteiger partial charge in [-0.25, -0.2) is 28.1 Å². The van der Waals surface area contributed by atoms with E-state index in [1.807, 2.05) is 4.90 Å². The lowest BCUT2D eigenvalue weighted by Crippen LogP contribution is -2.43. The molecule has 17 heteroatoms. The molecule has 7 heterocycles. The van der Waals surface area contributed by atoms with E-state index in [-0.39, 0.29) is 67.5 Å². The van der Waals surface area contributed by atoms with Gasteiger partial charge in [-0.3, -0.25) is 4.90 Å². The highest BCUT2D eigenvalue weighted by atomic mass is 19.4. The molecule has 0 amide bonds. The Morgan fingerprint density at radius 2 is 1.92 bits per heavy atom.